The van der Waals surface area contributed by atoms with Gasteiger partial charge in [-0.3, -0.25) is 0 Å². The van der Waals surface area contributed by atoms with Crippen LogP contribution in [0.2, 0.25) is 0 Å². The van der Waals surface area contributed by atoms with E-state index in [1.807, 2.05) is 6.92 Å². The molecular formula is C19H27N5O3S. The fraction of sp³-hybridized carbons (Fsp3) is 0.632. The maximum atomic E-state index is 13.1. The monoisotopic (exact) mass is 405 g/mol. The molecule has 1 aromatic carbocycles. The molecule has 9 heteroatoms. The molecule has 0 unspecified atom stereocenters. The number of nitrogens with one attached hydrogen (secondary N) is 2. The summed E-state index contributed by atoms with van der Waals surface area (Å²) in [6.07, 6.45) is 4.00. The van der Waals surface area contributed by atoms with Gasteiger partial charge in [-0.25, -0.2) is 13.1 Å². The molecule has 1 aliphatic carbocycles. The number of nitrogens with zero attached hydrogens (tertiary/aromatic N) is 3. The summed E-state index contributed by atoms with van der Waals surface area (Å²) in [7, 11) is -3.61. The van der Waals surface area contributed by atoms with Crippen LogP contribution in [-0.2, 0) is 10.0 Å². The number of hydrogen-bond acceptors (Lipinski definition) is 7. The minimum atomic E-state index is -3.61. The third-order valence-electron chi connectivity index (χ3n) is 6.06. The minimum Gasteiger partial charge on any atom is -0.366 e. The summed E-state index contributed by atoms with van der Waals surface area (Å²) < 4.78 is 34.9. The Labute approximate surface area is 165 Å². The van der Waals surface area contributed by atoms with Crippen molar-refractivity contribution in [2.75, 3.05) is 49.1 Å². The first-order chi connectivity index (χ1) is 13.5. The van der Waals surface area contributed by atoms with Crippen LogP contribution >= 0.6 is 0 Å². The number of benzene rings is 1. The lowest BCUT2D eigenvalue weighted by atomic mass is 10.2. The lowest BCUT2D eigenvalue weighted by Gasteiger charge is -2.29. The molecule has 0 amide bonds. The molecular weight excluding hydrogens is 378 g/mol. The molecule has 152 valence electrons. The van der Waals surface area contributed by atoms with Crippen molar-refractivity contribution in [1.82, 2.24) is 15.2 Å². The summed E-state index contributed by atoms with van der Waals surface area (Å²) in [6, 6.07) is 3.49. The van der Waals surface area contributed by atoms with Crippen molar-refractivity contribution in [2.45, 2.75) is 43.0 Å². The predicted molar refractivity (Wildman–Crippen MR) is 108 cm³/mol. The molecule has 2 N–H and O–H groups in total. The van der Waals surface area contributed by atoms with Crippen LogP contribution in [0.4, 0.5) is 11.5 Å². The Morgan fingerprint density at radius 2 is 1.82 bits per heavy atom. The van der Waals surface area contributed by atoms with Gasteiger partial charge in [-0.05, 0) is 44.7 Å². The highest BCUT2D eigenvalue weighted by molar-refractivity contribution is 7.89. The van der Waals surface area contributed by atoms with E-state index >= 15 is 0 Å². The highest BCUT2D eigenvalue weighted by atomic mass is 32.2. The molecule has 0 radical (unpaired) electrons. The van der Waals surface area contributed by atoms with E-state index in [9.17, 15) is 8.42 Å². The number of fused-ring (bicyclic) bond motifs is 1. The lowest BCUT2D eigenvalue weighted by Crippen LogP contribution is -2.43. The number of sulfonamides is 1. The molecule has 2 aliphatic heterocycles. The average Bonchev–Trinajstić information content (AvgIpc) is 3.09. The lowest BCUT2D eigenvalue weighted by molar-refractivity contribution is 0.454. The molecule has 5 rings (SSSR count). The quantitative estimate of drug-likeness (QED) is 0.782. The normalized spacial score (nSPS) is 22.2. The van der Waals surface area contributed by atoms with E-state index < -0.39 is 10.0 Å². The van der Waals surface area contributed by atoms with Crippen LogP contribution in [0, 0.1) is 0 Å². The van der Waals surface area contributed by atoms with Crippen LogP contribution in [0.15, 0.2) is 21.6 Å². The van der Waals surface area contributed by atoms with Gasteiger partial charge in [-0.15, -0.1) is 0 Å². The standard InChI is InChI=1S/C19H27N5O3S/c1-19(4-5-19)22-28(25,26)14-12-15-17(16(13-14)23-10-6-20-7-11-23)27-21-18(15)24-8-2-3-9-24/h12-13,20,22H,2-11H2,1H3. The van der Waals surface area contributed by atoms with Gasteiger partial charge in [0.15, 0.2) is 11.4 Å². The summed E-state index contributed by atoms with van der Waals surface area (Å²) in [5.74, 6) is 0.763. The van der Waals surface area contributed by atoms with E-state index in [1.165, 1.54) is 0 Å². The van der Waals surface area contributed by atoms with Crippen LogP contribution in [0.3, 0.4) is 0 Å². The topological polar surface area (TPSA) is 90.7 Å². The molecule has 0 atom stereocenters. The fourth-order valence-electron chi connectivity index (χ4n) is 4.11. The number of anilines is 2. The SMILES string of the molecule is CC1(NS(=O)(=O)c2cc(N3CCNCC3)c3onc(N4CCCC4)c3c2)CC1. The van der Waals surface area contributed by atoms with Gasteiger partial charge in [-0.2, -0.15) is 0 Å². The second-order valence-electron chi connectivity index (χ2n) is 8.42. The van der Waals surface area contributed by atoms with E-state index in [2.05, 4.69) is 25.0 Å². The van der Waals surface area contributed by atoms with Crippen molar-refractivity contribution in [3.8, 4) is 0 Å². The van der Waals surface area contributed by atoms with Crippen LogP contribution in [0.5, 0.6) is 0 Å². The van der Waals surface area contributed by atoms with Crippen molar-refractivity contribution in [3.05, 3.63) is 12.1 Å². The Morgan fingerprint density at radius 3 is 2.50 bits per heavy atom. The van der Waals surface area contributed by atoms with Gasteiger partial charge in [0, 0.05) is 44.8 Å². The molecule has 8 nitrogen and oxygen atoms in total. The smallest absolute Gasteiger partial charge is 0.241 e. The Kier molecular flexibility index (Phi) is 4.29. The third-order valence-corrected chi connectivity index (χ3v) is 7.68. The third kappa shape index (κ3) is 3.25. The Balaban J connectivity index is 1.63. The van der Waals surface area contributed by atoms with Crippen LogP contribution in [0.25, 0.3) is 11.0 Å². The highest BCUT2D eigenvalue weighted by Crippen LogP contribution is 2.39. The average molecular weight is 406 g/mol. The fourth-order valence-corrected chi connectivity index (χ4v) is 5.62. The van der Waals surface area contributed by atoms with Gasteiger partial charge >= 0.3 is 0 Å². The predicted octanol–water partition coefficient (Wildman–Crippen LogP) is 1.67. The number of hydrogen-bond donors (Lipinski definition) is 2. The van der Waals surface area contributed by atoms with E-state index in [-0.39, 0.29) is 5.54 Å². The zero-order valence-electron chi connectivity index (χ0n) is 16.2. The summed E-state index contributed by atoms with van der Waals surface area (Å²) in [6.45, 7) is 7.15. The Morgan fingerprint density at radius 1 is 1.11 bits per heavy atom. The Hall–Kier alpha value is -1.84. The number of rotatable bonds is 5. The maximum absolute atomic E-state index is 13.1. The summed E-state index contributed by atoms with van der Waals surface area (Å²) in [5, 5.41) is 8.47. The van der Waals surface area contributed by atoms with Crippen LogP contribution < -0.4 is 19.8 Å². The highest BCUT2D eigenvalue weighted by Gasteiger charge is 2.41. The first kappa shape index (κ1) is 18.2. The van der Waals surface area contributed by atoms with E-state index in [0.717, 1.165) is 81.8 Å². The zero-order chi connectivity index (χ0) is 19.4. The van der Waals surface area contributed by atoms with Crippen molar-refractivity contribution in [1.29, 1.82) is 0 Å². The molecule has 2 aromatic rings. The number of piperazine rings is 1. The molecule has 3 heterocycles. The summed E-state index contributed by atoms with van der Waals surface area (Å²) in [5.41, 5.74) is 1.19. The van der Waals surface area contributed by atoms with Crippen molar-refractivity contribution >= 4 is 32.5 Å². The van der Waals surface area contributed by atoms with Crippen molar-refractivity contribution in [3.63, 3.8) is 0 Å². The molecule has 3 fully saturated rings. The van der Waals surface area contributed by atoms with Crippen LogP contribution in [0.1, 0.15) is 32.6 Å². The molecule has 0 bridgehead atoms. The minimum absolute atomic E-state index is 0.297. The summed E-state index contributed by atoms with van der Waals surface area (Å²) >= 11 is 0. The second-order valence-corrected chi connectivity index (χ2v) is 10.1. The molecule has 0 spiro atoms. The second kappa shape index (κ2) is 6.60. The zero-order valence-corrected chi connectivity index (χ0v) is 17.0. The van der Waals surface area contributed by atoms with Gasteiger partial charge in [0.1, 0.15) is 0 Å². The molecule has 3 aliphatic rings. The number of aromatic nitrogens is 1. The molecule has 28 heavy (non-hydrogen) atoms. The molecule has 1 saturated carbocycles. The van der Waals surface area contributed by atoms with Crippen molar-refractivity contribution in [2.24, 2.45) is 0 Å². The van der Waals surface area contributed by atoms with Gasteiger partial charge in [0.05, 0.1) is 16.0 Å². The van der Waals surface area contributed by atoms with E-state index in [0.29, 0.717) is 10.5 Å². The molecule has 1 aromatic heterocycles. The van der Waals surface area contributed by atoms with Gasteiger partial charge in [0.2, 0.25) is 10.0 Å². The Bertz CT molecular complexity index is 986. The summed E-state index contributed by atoms with van der Waals surface area (Å²) in [4.78, 5) is 4.68. The van der Waals surface area contributed by atoms with Gasteiger partial charge in [0.25, 0.3) is 0 Å². The first-order valence-electron chi connectivity index (χ1n) is 10.1. The van der Waals surface area contributed by atoms with Crippen molar-refractivity contribution < 1.29 is 12.9 Å². The maximum Gasteiger partial charge on any atom is 0.241 e. The van der Waals surface area contributed by atoms with Gasteiger partial charge in [-0.1, -0.05) is 5.16 Å². The van der Waals surface area contributed by atoms with E-state index in [4.69, 9.17) is 4.52 Å². The van der Waals surface area contributed by atoms with Gasteiger partial charge < -0.3 is 19.6 Å². The first-order valence-corrected chi connectivity index (χ1v) is 11.6. The van der Waals surface area contributed by atoms with E-state index in [1.54, 1.807) is 12.1 Å². The molecule has 2 saturated heterocycles. The largest absolute Gasteiger partial charge is 0.366 e. The van der Waals surface area contributed by atoms with Crippen LogP contribution in [-0.4, -0.2) is 58.4 Å².